The normalized spacial score (nSPS) is 12.7. The standard InChI is InChI=1S/C28H32BrN3O4S/c1-17(2)18-10-12-19(13-11-18)28-31-26-23(36-4)16-20(25(29)27(26)32-28)21(14-15-35-3)30-22-8-6-7-9-24(22)37(5,33)34/h6-13,16-17,21,30H,14-15H2,1-5H3,(H,31,32). The number of anilines is 1. The minimum atomic E-state index is -3.42. The molecule has 0 saturated heterocycles. The Kier molecular flexibility index (Phi) is 8.26. The van der Waals surface area contributed by atoms with Crippen LogP contribution in [0.4, 0.5) is 5.69 Å². The van der Waals surface area contributed by atoms with Gasteiger partial charge in [0, 0.05) is 25.5 Å². The summed E-state index contributed by atoms with van der Waals surface area (Å²) in [7, 11) is -0.153. The molecule has 0 amide bonds. The lowest BCUT2D eigenvalue weighted by molar-refractivity contribution is 0.190. The summed E-state index contributed by atoms with van der Waals surface area (Å²) in [5.74, 6) is 1.84. The Morgan fingerprint density at radius 3 is 2.41 bits per heavy atom. The van der Waals surface area contributed by atoms with Crippen LogP contribution < -0.4 is 10.1 Å². The molecule has 4 aromatic rings. The maximum atomic E-state index is 12.4. The number of para-hydroxylation sites is 1. The average Bonchev–Trinajstić information content (AvgIpc) is 3.33. The number of sulfone groups is 1. The number of rotatable bonds is 10. The number of hydrogen-bond donors (Lipinski definition) is 2. The second-order valence-corrected chi connectivity index (χ2v) is 12.1. The third-order valence-electron chi connectivity index (χ3n) is 6.37. The number of hydrogen-bond acceptors (Lipinski definition) is 6. The van der Waals surface area contributed by atoms with Gasteiger partial charge in [0.25, 0.3) is 0 Å². The van der Waals surface area contributed by atoms with Gasteiger partial charge in [-0.15, -0.1) is 0 Å². The summed E-state index contributed by atoms with van der Waals surface area (Å²) in [6.07, 6.45) is 1.80. The van der Waals surface area contributed by atoms with Crippen LogP contribution in [0.15, 0.2) is 64.0 Å². The highest BCUT2D eigenvalue weighted by Crippen LogP contribution is 2.40. The number of aromatic nitrogens is 2. The minimum absolute atomic E-state index is 0.244. The molecule has 1 aromatic heterocycles. The van der Waals surface area contributed by atoms with Gasteiger partial charge in [-0.2, -0.15) is 0 Å². The van der Waals surface area contributed by atoms with Gasteiger partial charge < -0.3 is 19.8 Å². The van der Waals surface area contributed by atoms with Crippen LogP contribution in [0.25, 0.3) is 22.4 Å². The Hall–Kier alpha value is -2.88. The molecule has 0 aliphatic carbocycles. The molecule has 1 heterocycles. The van der Waals surface area contributed by atoms with Crippen molar-refractivity contribution < 1.29 is 17.9 Å². The second kappa shape index (κ2) is 11.2. The van der Waals surface area contributed by atoms with Crippen LogP contribution in [0.2, 0.25) is 0 Å². The number of methoxy groups -OCH3 is 2. The van der Waals surface area contributed by atoms with Gasteiger partial charge in [-0.1, -0.05) is 50.2 Å². The highest BCUT2D eigenvalue weighted by atomic mass is 79.9. The molecule has 37 heavy (non-hydrogen) atoms. The monoisotopic (exact) mass is 585 g/mol. The fourth-order valence-electron chi connectivity index (χ4n) is 4.34. The summed E-state index contributed by atoms with van der Waals surface area (Å²) in [6.45, 7) is 4.81. The van der Waals surface area contributed by atoms with Gasteiger partial charge in [0.15, 0.2) is 9.84 Å². The number of aromatic amines is 1. The average molecular weight is 587 g/mol. The lowest BCUT2D eigenvalue weighted by Gasteiger charge is -2.23. The first kappa shape index (κ1) is 27.2. The van der Waals surface area contributed by atoms with Gasteiger partial charge in [0.1, 0.15) is 22.6 Å². The molecule has 0 aliphatic rings. The van der Waals surface area contributed by atoms with Gasteiger partial charge in [0.2, 0.25) is 0 Å². The molecule has 1 atom stereocenters. The molecule has 0 saturated carbocycles. The van der Waals surface area contributed by atoms with Crippen molar-refractivity contribution in [3.05, 3.63) is 70.2 Å². The van der Waals surface area contributed by atoms with Crippen molar-refractivity contribution in [1.82, 2.24) is 9.97 Å². The highest BCUT2D eigenvalue weighted by Gasteiger charge is 2.24. The van der Waals surface area contributed by atoms with E-state index >= 15 is 0 Å². The van der Waals surface area contributed by atoms with Crippen molar-refractivity contribution in [3.8, 4) is 17.1 Å². The Bertz CT molecular complexity index is 1500. The van der Waals surface area contributed by atoms with E-state index in [-0.39, 0.29) is 10.9 Å². The summed E-state index contributed by atoms with van der Waals surface area (Å²) in [5.41, 5.74) is 5.18. The maximum absolute atomic E-state index is 12.4. The molecule has 0 fully saturated rings. The summed E-state index contributed by atoms with van der Waals surface area (Å²) < 4.78 is 36.8. The lowest BCUT2D eigenvalue weighted by Crippen LogP contribution is -2.16. The Balaban J connectivity index is 1.81. The summed E-state index contributed by atoms with van der Waals surface area (Å²) in [6, 6.07) is 17.0. The number of nitrogens with zero attached hydrogens (tertiary/aromatic N) is 1. The number of ether oxygens (including phenoxy) is 2. The molecule has 9 heteroatoms. The van der Waals surface area contributed by atoms with Crippen molar-refractivity contribution in [2.45, 2.75) is 37.1 Å². The Labute approximate surface area is 226 Å². The number of nitrogens with one attached hydrogen (secondary N) is 2. The summed E-state index contributed by atoms with van der Waals surface area (Å²) in [4.78, 5) is 8.58. The van der Waals surface area contributed by atoms with E-state index in [0.29, 0.717) is 30.4 Å². The van der Waals surface area contributed by atoms with Gasteiger partial charge in [-0.05, 0) is 57.6 Å². The predicted octanol–water partition coefficient (Wildman–Crippen LogP) is 6.72. The third-order valence-corrected chi connectivity index (χ3v) is 8.36. The van der Waals surface area contributed by atoms with E-state index in [4.69, 9.17) is 14.5 Å². The van der Waals surface area contributed by atoms with Crippen LogP contribution in [0.1, 0.15) is 43.4 Å². The molecule has 0 spiro atoms. The third kappa shape index (κ3) is 5.84. The Morgan fingerprint density at radius 1 is 1.08 bits per heavy atom. The number of halogens is 1. The zero-order valence-electron chi connectivity index (χ0n) is 21.6. The largest absolute Gasteiger partial charge is 0.494 e. The van der Waals surface area contributed by atoms with Crippen molar-refractivity contribution in [2.75, 3.05) is 32.4 Å². The summed E-state index contributed by atoms with van der Waals surface area (Å²) in [5, 5.41) is 3.43. The maximum Gasteiger partial charge on any atom is 0.177 e. The molecule has 4 rings (SSSR count). The second-order valence-electron chi connectivity index (χ2n) is 9.31. The first-order valence-corrected chi connectivity index (χ1v) is 14.7. The molecule has 0 bridgehead atoms. The van der Waals surface area contributed by atoms with Crippen molar-refractivity contribution in [1.29, 1.82) is 0 Å². The zero-order chi connectivity index (χ0) is 26.7. The van der Waals surface area contributed by atoms with Gasteiger partial charge >= 0.3 is 0 Å². The molecule has 7 nitrogen and oxygen atoms in total. The first-order valence-electron chi connectivity index (χ1n) is 12.0. The molecule has 2 N–H and O–H groups in total. The van der Waals surface area contributed by atoms with E-state index in [2.05, 4.69) is 64.3 Å². The smallest absolute Gasteiger partial charge is 0.177 e. The number of fused-ring (bicyclic) bond motifs is 1. The Morgan fingerprint density at radius 2 is 1.78 bits per heavy atom. The fraction of sp³-hybridized carbons (Fsp3) is 0.321. The van der Waals surface area contributed by atoms with E-state index < -0.39 is 9.84 Å². The van der Waals surface area contributed by atoms with Crippen molar-refractivity contribution in [3.63, 3.8) is 0 Å². The van der Waals surface area contributed by atoms with Crippen LogP contribution in [0, 0.1) is 0 Å². The molecule has 3 aromatic carbocycles. The topological polar surface area (TPSA) is 93.3 Å². The molecular formula is C28H32BrN3O4S. The van der Waals surface area contributed by atoms with Crippen LogP contribution >= 0.6 is 15.9 Å². The predicted molar refractivity (Wildman–Crippen MR) is 152 cm³/mol. The van der Waals surface area contributed by atoms with E-state index in [1.165, 1.54) is 11.8 Å². The van der Waals surface area contributed by atoms with Gasteiger partial charge in [-0.3, -0.25) is 0 Å². The molecule has 0 aliphatic heterocycles. The van der Waals surface area contributed by atoms with Crippen LogP contribution in [0.5, 0.6) is 5.75 Å². The van der Waals surface area contributed by atoms with Gasteiger partial charge in [0.05, 0.1) is 28.2 Å². The lowest BCUT2D eigenvalue weighted by atomic mass is 10.0. The fourth-order valence-corrected chi connectivity index (χ4v) is 5.87. The van der Waals surface area contributed by atoms with E-state index in [9.17, 15) is 8.42 Å². The molecule has 0 radical (unpaired) electrons. The van der Waals surface area contributed by atoms with Crippen LogP contribution in [-0.4, -0.2) is 45.5 Å². The molecule has 196 valence electrons. The van der Waals surface area contributed by atoms with Crippen molar-refractivity contribution >= 4 is 42.5 Å². The molecular weight excluding hydrogens is 554 g/mol. The summed E-state index contributed by atoms with van der Waals surface area (Å²) >= 11 is 3.79. The highest BCUT2D eigenvalue weighted by molar-refractivity contribution is 9.10. The zero-order valence-corrected chi connectivity index (χ0v) is 24.0. The van der Waals surface area contributed by atoms with Crippen LogP contribution in [-0.2, 0) is 14.6 Å². The number of H-pyrrole nitrogens is 1. The van der Waals surface area contributed by atoms with Crippen LogP contribution in [0.3, 0.4) is 0 Å². The number of imidazole rings is 1. The number of benzene rings is 3. The SMILES string of the molecule is COCCC(Nc1ccccc1S(C)(=O)=O)c1cc(OC)c2[nH]c(-c3ccc(C(C)C)cc3)nc2c1Br. The van der Waals surface area contributed by atoms with E-state index in [1.54, 1.807) is 32.4 Å². The van der Waals surface area contributed by atoms with Gasteiger partial charge in [-0.25, -0.2) is 13.4 Å². The van der Waals surface area contributed by atoms with E-state index in [1.807, 2.05) is 12.1 Å². The molecule has 1 unspecified atom stereocenters. The first-order chi connectivity index (χ1) is 17.6. The quantitative estimate of drug-likeness (QED) is 0.214. The van der Waals surface area contributed by atoms with E-state index in [0.717, 1.165) is 32.5 Å². The van der Waals surface area contributed by atoms with Crippen molar-refractivity contribution in [2.24, 2.45) is 0 Å². The minimum Gasteiger partial charge on any atom is -0.494 e.